The molecule has 60 heavy (non-hydrogen) atoms. The highest BCUT2D eigenvalue weighted by Crippen LogP contribution is 2.35. The van der Waals surface area contributed by atoms with E-state index in [2.05, 4.69) is 64.3 Å². The second kappa shape index (κ2) is 18.6. The van der Waals surface area contributed by atoms with Crippen LogP contribution in [-0.4, -0.2) is 145 Å². The van der Waals surface area contributed by atoms with Gasteiger partial charge in [-0.15, -0.1) is 0 Å². The van der Waals surface area contributed by atoms with Crippen molar-refractivity contribution < 1.29 is 4.79 Å². The van der Waals surface area contributed by atoms with Crippen molar-refractivity contribution in [3.63, 3.8) is 0 Å². The summed E-state index contributed by atoms with van der Waals surface area (Å²) in [7, 11) is 6.26. The Balaban J connectivity index is 0.994. The van der Waals surface area contributed by atoms with Crippen molar-refractivity contribution in [2.45, 2.75) is 112 Å². The number of nitrogens with one attached hydrogen (secondary N) is 2. The van der Waals surface area contributed by atoms with Crippen LogP contribution in [0.2, 0.25) is 0 Å². The largest absolute Gasteiger partial charge is 0.373 e. The standard InChI is InChI=1S/C41H56N16OS2/c1-8-32-47-36(56-19-16-54(6)17-20-56)52-40(49-32)60-39-46-30-22-26(10-13-29(30)35(42-5)51-39)31-23-57(21-18-55(31)7)37-48-33(9-2)50-41(53-37)59-38-43-24(3)28(25(4)44-38)14-15-34(58)45-27-11-12-27/h22,27,31H,8-21,23H2,1-7H3,(H,45,58)(H,42,46,51). The lowest BCUT2D eigenvalue weighted by Gasteiger charge is -2.41. The molecule has 1 atom stereocenters. The summed E-state index contributed by atoms with van der Waals surface area (Å²) >= 11 is 2.75. The number of aromatic nitrogens is 10. The van der Waals surface area contributed by atoms with Gasteiger partial charge in [-0.3, -0.25) is 9.69 Å². The van der Waals surface area contributed by atoms with E-state index in [0.717, 1.165) is 130 Å². The third-order valence-electron chi connectivity index (χ3n) is 11.6. The van der Waals surface area contributed by atoms with Gasteiger partial charge in [0.2, 0.25) is 28.1 Å². The lowest BCUT2D eigenvalue weighted by atomic mass is 9.90. The molecule has 4 aromatic rings. The van der Waals surface area contributed by atoms with Gasteiger partial charge in [-0.2, -0.15) is 19.9 Å². The molecule has 0 radical (unpaired) electrons. The number of piperazine rings is 2. The third-order valence-corrected chi connectivity index (χ3v) is 13.1. The first-order chi connectivity index (χ1) is 29.0. The molecule has 0 bridgehead atoms. The quantitative estimate of drug-likeness (QED) is 0.174. The van der Waals surface area contributed by atoms with Crippen LogP contribution < -0.4 is 20.4 Å². The molecular weight excluding hydrogens is 797 g/mol. The Hall–Kier alpha value is -4.59. The summed E-state index contributed by atoms with van der Waals surface area (Å²) in [4.78, 5) is 70.4. The number of aryl methyl sites for hydroxylation is 4. The third kappa shape index (κ3) is 9.95. The molecule has 4 aliphatic rings. The minimum atomic E-state index is 0.0913. The molecule has 0 spiro atoms. The first-order valence-corrected chi connectivity index (χ1v) is 22.9. The molecule has 3 fully saturated rings. The molecule has 8 rings (SSSR count). The predicted octanol–water partition coefficient (Wildman–Crippen LogP) is 3.84. The minimum Gasteiger partial charge on any atom is -0.373 e. The summed E-state index contributed by atoms with van der Waals surface area (Å²) in [6.45, 7) is 14.2. The van der Waals surface area contributed by atoms with Gasteiger partial charge in [-0.1, -0.05) is 13.8 Å². The zero-order valence-corrected chi connectivity index (χ0v) is 37.5. The summed E-state index contributed by atoms with van der Waals surface area (Å²) < 4.78 is 0. The fourth-order valence-electron chi connectivity index (χ4n) is 7.85. The van der Waals surface area contributed by atoms with Crippen LogP contribution in [0.3, 0.4) is 0 Å². The molecule has 2 saturated heterocycles. The van der Waals surface area contributed by atoms with Crippen molar-refractivity contribution in [1.82, 2.24) is 65.0 Å². The SMILES string of the molecule is CCc1nc(Sc2nc(C)c(CCC(=O)NC3CC3)c(C)n2)nc(N2CCN(C)C(C3=Cc4nc(Sc5nc(CC)nc(N6CCN(C)CC6)n5)nc(NC)c4CC3)C2)n1. The molecule has 0 aromatic carbocycles. The normalized spacial score (nSPS) is 18.6. The molecule has 318 valence electrons. The van der Waals surface area contributed by atoms with E-state index in [1.165, 1.54) is 29.1 Å². The van der Waals surface area contributed by atoms with Crippen LogP contribution >= 0.6 is 23.5 Å². The second-order valence-electron chi connectivity index (χ2n) is 16.0. The molecule has 2 aliphatic heterocycles. The van der Waals surface area contributed by atoms with Gasteiger partial charge >= 0.3 is 0 Å². The highest BCUT2D eigenvalue weighted by atomic mass is 32.2. The van der Waals surface area contributed by atoms with Gasteiger partial charge in [0, 0.05) is 101 Å². The van der Waals surface area contributed by atoms with E-state index < -0.39 is 0 Å². The van der Waals surface area contributed by atoms with Crippen molar-refractivity contribution in [3.8, 4) is 0 Å². The van der Waals surface area contributed by atoms with Crippen LogP contribution in [0, 0.1) is 13.8 Å². The van der Waals surface area contributed by atoms with Crippen molar-refractivity contribution in [3.05, 3.63) is 45.4 Å². The molecule has 17 nitrogen and oxygen atoms in total. The van der Waals surface area contributed by atoms with E-state index in [9.17, 15) is 4.79 Å². The number of rotatable bonds is 14. The second-order valence-corrected chi connectivity index (χ2v) is 17.9. The summed E-state index contributed by atoms with van der Waals surface area (Å²) in [6.07, 6.45) is 8.61. The maximum atomic E-state index is 12.4. The zero-order valence-electron chi connectivity index (χ0n) is 35.8. The molecule has 6 heterocycles. The van der Waals surface area contributed by atoms with Crippen LogP contribution in [-0.2, 0) is 30.5 Å². The van der Waals surface area contributed by atoms with Gasteiger partial charge in [0.05, 0.1) is 5.69 Å². The summed E-state index contributed by atoms with van der Waals surface area (Å²) in [5, 5.41) is 8.80. The Kier molecular flexibility index (Phi) is 13.0. The monoisotopic (exact) mass is 852 g/mol. The predicted molar refractivity (Wildman–Crippen MR) is 234 cm³/mol. The molecule has 4 aromatic heterocycles. The van der Waals surface area contributed by atoms with Gasteiger partial charge < -0.3 is 25.3 Å². The van der Waals surface area contributed by atoms with E-state index in [0.29, 0.717) is 51.9 Å². The molecule has 19 heteroatoms. The van der Waals surface area contributed by atoms with Gasteiger partial charge in [-0.25, -0.2) is 29.9 Å². The van der Waals surface area contributed by atoms with Crippen LogP contribution in [0.4, 0.5) is 17.7 Å². The smallest absolute Gasteiger partial charge is 0.229 e. The molecule has 1 amide bonds. The zero-order chi connectivity index (χ0) is 41.9. The first kappa shape index (κ1) is 42.1. The van der Waals surface area contributed by atoms with E-state index >= 15 is 0 Å². The molecule has 1 saturated carbocycles. The van der Waals surface area contributed by atoms with Crippen molar-refractivity contribution in [2.24, 2.45) is 0 Å². The van der Waals surface area contributed by atoms with Gasteiger partial charge in [0.15, 0.2) is 10.3 Å². The number of anilines is 3. The van der Waals surface area contributed by atoms with Crippen molar-refractivity contribution in [2.75, 3.05) is 82.1 Å². The summed E-state index contributed by atoms with van der Waals surface area (Å²) in [5.74, 6) is 3.82. The van der Waals surface area contributed by atoms with E-state index in [4.69, 9.17) is 49.8 Å². The molecule has 2 N–H and O–H groups in total. The Labute approximate surface area is 360 Å². The number of amides is 1. The number of fused-ring (bicyclic) bond motifs is 1. The Morgan fingerprint density at radius 3 is 1.95 bits per heavy atom. The fourth-order valence-corrected chi connectivity index (χ4v) is 9.38. The highest BCUT2D eigenvalue weighted by molar-refractivity contribution is 7.99. The maximum Gasteiger partial charge on any atom is 0.229 e. The van der Waals surface area contributed by atoms with Crippen LogP contribution in [0.25, 0.3) is 6.08 Å². The minimum absolute atomic E-state index is 0.0913. The Bertz CT molecular complexity index is 2220. The van der Waals surface area contributed by atoms with Crippen LogP contribution in [0.5, 0.6) is 0 Å². The van der Waals surface area contributed by atoms with Crippen molar-refractivity contribution >= 4 is 53.2 Å². The Morgan fingerprint density at radius 1 is 0.733 bits per heavy atom. The number of hydrogen-bond acceptors (Lipinski definition) is 18. The molecule has 1 unspecified atom stereocenters. The van der Waals surface area contributed by atoms with E-state index in [1.54, 1.807) is 0 Å². The Morgan fingerprint density at radius 2 is 1.33 bits per heavy atom. The average molecular weight is 853 g/mol. The maximum absolute atomic E-state index is 12.4. The summed E-state index contributed by atoms with van der Waals surface area (Å²) in [6, 6.07) is 0.501. The number of carbonyl (C=O) groups is 1. The van der Waals surface area contributed by atoms with Gasteiger partial charge in [-0.05, 0) is 101 Å². The van der Waals surface area contributed by atoms with Crippen LogP contribution in [0.15, 0.2) is 26.2 Å². The van der Waals surface area contributed by atoms with Crippen LogP contribution in [0.1, 0.15) is 79.4 Å². The lowest BCUT2D eigenvalue weighted by Crippen LogP contribution is -2.53. The van der Waals surface area contributed by atoms with E-state index in [1.807, 2.05) is 20.9 Å². The summed E-state index contributed by atoms with van der Waals surface area (Å²) in [5.41, 5.74) is 6.14. The number of nitrogens with zero attached hydrogens (tertiary/aromatic N) is 14. The lowest BCUT2D eigenvalue weighted by molar-refractivity contribution is -0.121. The molecular formula is C41H56N16OS2. The number of hydrogen-bond donors (Lipinski definition) is 2. The van der Waals surface area contributed by atoms with Gasteiger partial charge in [0.25, 0.3) is 0 Å². The molecule has 2 aliphatic carbocycles. The van der Waals surface area contributed by atoms with Gasteiger partial charge in [0.1, 0.15) is 17.5 Å². The number of likely N-dealkylation sites (N-methyl/N-ethyl adjacent to an activating group) is 2. The topological polar surface area (TPSA) is 183 Å². The first-order valence-electron chi connectivity index (χ1n) is 21.2. The fraction of sp³-hybridized carbons (Fsp3) is 0.585. The average Bonchev–Trinajstić information content (AvgIpc) is 4.07. The van der Waals surface area contributed by atoms with Crippen molar-refractivity contribution in [1.29, 1.82) is 0 Å². The number of carbonyl (C=O) groups excluding carboxylic acids is 1. The van der Waals surface area contributed by atoms with E-state index in [-0.39, 0.29) is 11.9 Å². The highest BCUT2D eigenvalue weighted by Gasteiger charge is 2.32.